The molecule has 0 unspecified atom stereocenters. The summed E-state index contributed by atoms with van der Waals surface area (Å²) in [4.78, 5) is 45.0. The molecule has 0 radical (unpaired) electrons. The molecule has 3 heterocycles. The van der Waals surface area contributed by atoms with Crippen LogP contribution in [0.3, 0.4) is 0 Å². The molecule has 0 amide bonds. The van der Waals surface area contributed by atoms with Gasteiger partial charge >= 0.3 is 11.7 Å². The molecule has 1 aromatic carbocycles. The van der Waals surface area contributed by atoms with Crippen LogP contribution in [-0.4, -0.2) is 47.5 Å². The normalized spacial score (nSPS) is 11.0. The number of rotatable bonds is 7. The predicted octanol–water partition coefficient (Wildman–Crippen LogP) is 0.339. The van der Waals surface area contributed by atoms with Crippen LogP contribution in [0.1, 0.15) is 5.56 Å². The van der Waals surface area contributed by atoms with E-state index in [2.05, 4.69) is 20.2 Å². The summed E-state index contributed by atoms with van der Waals surface area (Å²) in [5, 5.41) is 17.1. The Morgan fingerprint density at radius 2 is 2.00 bits per heavy atom. The fourth-order valence-electron chi connectivity index (χ4n) is 3.14. The Labute approximate surface area is 173 Å². The van der Waals surface area contributed by atoms with Gasteiger partial charge in [-0.05, 0) is 18.1 Å². The van der Waals surface area contributed by atoms with E-state index in [4.69, 9.17) is 14.3 Å². The summed E-state index contributed by atoms with van der Waals surface area (Å²) >= 11 is 0. The zero-order chi connectivity index (χ0) is 22.0. The second-order valence-corrected chi connectivity index (χ2v) is 6.43. The van der Waals surface area contributed by atoms with Crippen LogP contribution in [0.25, 0.3) is 22.9 Å². The van der Waals surface area contributed by atoms with Crippen molar-refractivity contribution >= 4 is 17.1 Å². The topological polar surface area (TPSA) is 155 Å². The largest absolute Gasteiger partial charge is 0.496 e. The van der Waals surface area contributed by atoms with Gasteiger partial charge in [0.2, 0.25) is 5.82 Å². The summed E-state index contributed by atoms with van der Waals surface area (Å²) in [5.74, 6) is -0.740. The fourth-order valence-corrected chi connectivity index (χ4v) is 3.14. The summed E-state index contributed by atoms with van der Waals surface area (Å²) in [6, 6.07) is 7.26. The van der Waals surface area contributed by atoms with E-state index in [-0.39, 0.29) is 29.4 Å². The monoisotopic (exact) mass is 424 g/mol. The Balaban J connectivity index is 1.87. The second kappa shape index (κ2) is 8.18. The molecule has 1 N–H and O–H groups in total. The number of aryl methyl sites for hydroxylation is 2. The fraction of sp³-hybridized carbons (Fsp3) is 0.211. The molecule has 0 atom stereocenters. The van der Waals surface area contributed by atoms with Crippen molar-refractivity contribution in [1.82, 2.24) is 29.3 Å². The number of hydrogen-bond donors (Lipinski definition) is 1. The molecule has 4 aromatic rings. The minimum atomic E-state index is -1.34. The van der Waals surface area contributed by atoms with Crippen LogP contribution in [0.5, 0.6) is 5.75 Å². The molecule has 12 heteroatoms. The lowest BCUT2D eigenvalue weighted by atomic mass is 10.1. The minimum absolute atomic E-state index is 0.0327. The van der Waals surface area contributed by atoms with Crippen molar-refractivity contribution < 1.29 is 19.1 Å². The molecule has 4 rings (SSSR count). The summed E-state index contributed by atoms with van der Waals surface area (Å²) in [7, 11) is 1.53. The maximum Gasteiger partial charge on any atom is 0.333 e. The number of benzene rings is 1. The average molecular weight is 424 g/mol. The molecule has 12 nitrogen and oxygen atoms in total. The minimum Gasteiger partial charge on any atom is -0.496 e. The molecule has 0 spiro atoms. The van der Waals surface area contributed by atoms with Gasteiger partial charge in [0.25, 0.3) is 11.4 Å². The number of hydrogen-bond acceptors (Lipinski definition) is 9. The highest BCUT2D eigenvalue weighted by atomic mass is 16.5. The number of carboxylic acids is 1. The van der Waals surface area contributed by atoms with Crippen molar-refractivity contribution in [2.45, 2.75) is 19.5 Å². The molecule has 0 fully saturated rings. The number of ether oxygens (including phenoxy) is 1. The third-order valence-corrected chi connectivity index (χ3v) is 4.55. The lowest BCUT2D eigenvalue weighted by Gasteiger charge is -2.13. The molecule has 158 valence electrons. The van der Waals surface area contributed by atoms with Crippen molar-refractivity contribution in [2.24, 2.45) is 0 Å². The van der Waals surface area contributed by atoms with E-state index >= 15 is 0 Å². The number of carbonyl (C=O) groups is 1. The third-order valence-electron chi connectivity index (χ3n) is 4.55. The Morgan fingerprint density at radius 1 is 1.19 bits per heavy atom. The molecule has 0 bridgehead atoms. The Bertz CT molecular complexity index is 1380. The van der Waals surface area contributed by atoms with Crippen LogP contribution in [0.15, 0.2) is 50.7 Å². The van der Waals surface area contributed by atoms with E-state index in [1.807, 2.05) is 18.2 Å². The van der Waals surface area contributed by atoms with Crippen molar-refractivity contribution in [3.05, 3.63) is 63.1 Å². The van der Waals surface area contributed by atoms with E-state index < -0.39 is 23.8 Å². The molecular formula is C19H16N6O6. The molecule has 0 aliphatic carbocycles. The summed E-state index contributed by atoms with van der Waals surface area (Å²) in [5.41, 5.74) is -1.18. The summed E-state index contributed by atoms with van der Waals surface area (Å²) in [6.45, 7) is -0.731. The Hall–Kier alpha value is -4.35. The SMILES string of the molecule is COc1ccccc1CCn1c(=O)n(CC(=O)O)c(=O)c2nc(-c3ncco3)nnc21. The summed E-state index contributed by atoms with van der Waals surface area (Å²) < 4.78 is 12.2. The zero-order valence-electron chi connectivity index (χ0n) is 16.3. The van der Waals surface area contributed by atoms with Gasteiger partial charge in [-0.2, -0.15) is 0 Å². The van der Waals surface area contributed by atoms with Gasteiger partial charge in [-0.3, -0.25) is 14.2 Å². The van der Waals surface area contributed by atoms with E-state index in [1.165, 1.54) is 24.1 Å². The molecule has 31 heavy (non-hydrogen) atoms. The van der Waals surface area contributed by atoms with Gasteiger partial charge in [-0.15, -0.1) is 10.2 Å². The number of nitrogens with zero attached hydrogens (tertiary/aromatic N) is 6. The van der Waals surface area contributed by atoms with Crippen molar-refractivity contribution in [1.29, 1.82) is 0 Å². The zero-order valence-corrected chi connectivity index (χ0v) is 16.3. The van der Waals surface area contributed by atoms with Gasteiger partial charge < -0.3 is 14.3 Å². The van der Waals surface area contributed by atoms with Crippen LogP contribution in [0, 0.1) is 0 Å². The maximum atomic E-state index is 12.9. The van der Waals surface area contributed by atoms with E-state index in [0.29, 0.717) is 16.7 Å². The van der Waals surface area contributed by atoms with Gasteiger partial charge in [0.05, 0.1) is 13.3 Å². The first-order chi connectivity index (χ1) is 15.0. The highest BCUT2D eigenvalue weighted by Gasteiger charge is 2.20. The highest BCUT2D eigenvalue weighted by molar-refractivity contribution is 5.71. The van der Waals surface area contributed by atoms with Gasteiger partial charge in [-0.1, -0.05) is 18.2 Å². The number of para-hydroxylation sites is 1. The van der Waals surface area contributed by atoms with E-state index in [1.54, 1.807) is 6.07 Å². The highest BCUT2D eigenvalue weighted by Crippen LogP contribution is 2.19. The molecule has 0 aliphatic rings. The predicted molar refractivity (Wildman–Crippen MR) is 106 cm³/mol. The maximum absolute atomic E-state index is 12.9. The number of oxazole rings is 1. The number of methoxy groups -OCH3 is 1. The van der Waals surface area contributed by atoms with Crippen LogP contribution in [0.2, 0.25) is 0 Å². The Morgan fingerprint density at radius 3 is 2.71 bits per heavy atom. The first-order valence-corrected chi connectivity index (χ1v) is 9.11. The lowest BCUT2D eigenvalue weighted by molar-refractivity contribution is -0.137. The van der Waals surface area contributed by atoms with Crippen LogP contribution in [-0.2, 0) is 24.3 Å². The number of fused-ring (bicyclic) bond motifs is 1. The van der Waals surface area contributed by atoms with Crippen molar-refractivity contribution in [3.8, 4) is 17.5 Å². The quantitative estimate of drug-likeness (QED) is 0.439. The first kappa shape index (κ1) is 19.9. The summed E-state index contributed by atoms with van der Waals surface area (Å²) in [6.07, 6.45) is 3.03. The van der Waals surface area contributed by atoms with E-state index in [9.17, 15) is 14.4 Å². The smallest absolute Gasteiger partial charge is 0.333 e. The Kier molecular flexibility index (Phi) is 5.26. The van der Waals surface area contributed by atoms with Crippen LogP contribution < -0.4 is 16.0 Å². The second-order valence-electron chi connectivity index (χ2n) is 6.43. The van der Waals surface area contributed by atoms with Gasteiger partial charge in [0, 0.05) is 6.54 Å². The number of aromatic nitrogens is 6. The van der Waals surface area contributed by atoms with Crippen molar-refractivity contribution in [3.63, 3.8) is 0 Å². The van der Waals surface area contributed by atoms with Crippen LogP contribution in [0.4, 0.5) is 0 Å². The first-order valence-electron chi connectivity index (χ1n) is 9.11. The molecule has 0 saturated heterocycles. The van der Waals surface area contributed by atoms with Gasteiger partial charge in [0.1, 0.15) is 18.6 Å². The molecule has 3 aromatic heterocycles. The van der Waals surface area contributed by atoms with Gasteiger partial charge in [0.15, 0.2) is 11.2 Å². The van der Waals surface area contributed by atoms with E-state index in [0.717, 1.165) is 5.56 Å². The number of aliphatic carboxylic acids is 1. The standard InChI is InChI=1S/C19H16N6O6/c1-30-12-5-3-2-4-11(12)6-8-24-16-14(18(28)25(19(24)29)10-13(26)27)21-15(22-23-16)17-20-7-9-31-17/h2-5,7,9H,6,8,10H2,1H3,(H,26,27). The molecule has 0 aliphatic heterocycles. The lowest BCUT2D eigenvalue weighted by Crippen LogP contribution is -2.42. The third kappa shape index (κ3) is 3.77. The average Bonchev–Trinajstić information content (AvgIpc) is 3.31. The molecular weight excluding hydrogens is 408 g/mol. The van der Waals surface area contributed by atoms with Crippen LogP contribution >= 0.6 is 0 Å². The van der Waals surface area contributed by atoms with Gasteiger partial charge in [-0.25, -0.2) is 19.3 Å². The molecule has 0 saturated carbocycles. The number of carboxylic acid groups (broad SMARTS) is 1. The van der Waals surface area contributed by atoms with Crippen molar-refractivity contribution in [2.75, 3.05) is 7.11 Å².